The number of methoxy groups -OCH3 is 1. The van der Waals surface area contributed by atoms with Crippen molar-refractivity contribution in [3.63, 3.8) is 0 Å². The number of piperazine rings is 1. The fourth-order valence-electron chi connectivity index (χ4n) is 2.80. The van der Waals surface area contributed by atoms with E-state index in [0.29, 0.717) is 11.8 Å². The molecule has 1 aromatic carbocycles. The van der Waals surface area contributed by atoms with Gasteiger partial charge in [-0.25, -0.2) is 0 Å². The van der Waals surface area contributed by atoms with E-state index in [-0.39, 0.29) is 5.69 Å². The Bertz CT molecular complexity index is 525. The minimum atomic E-state index is -0.402. The Morgan fingerprint density at radius 3 is 2.52 bits per heavy atom. The van der Waals surface area contributed by atoms with Gasteiger partial charge >= 0.3 is 0 Å². The third-order valence-electron chi connectivity index (χ3n) is 4.17. The third kappa shape index (κ3) is 2.79. The van der Waals surface area contributed by atoms with Crippen LogP contribution in [0, 0.1) is 10.1 Å². The molecule has 0 spiro atoms. The summed E-state index contributed by atoms with van der Waals surface area (Å²) in [5, 5.41) is 10.8. The highest BCUT2D eigenvalue weighted by molar-refractivity contribution is 5.62. The molecular weight excluding hydrogens is 274 g/mol. The fraction of sp³-hybridized carbons (Fsp3) is 0.571. The first-order chi connectivity index (χ1) is 10.2. The van der Waals surface area contributed by atoms with E-state index in [1.54, 1.807) is 13.2 Å². The molecule has 0 atom stereocenters. The molecule has 0 saturated carbocycles. The van der Waals surface area contributed by atoms with Gasteiger partial charge in [-0.15, -0.1) is 0 Å². The summed E-state index contributed by atoms with van der Waals surface area (Å²) in [5.41, 5.74) is 0.980. The Morgan fingerprint density at radius 1 is 1.29 bits per heavy atom. The zero-order valence-electron chi connectivity index (χ0n) is 12.0. The number of rotatable bonds is 4. The molecular formula is C14H19N3O4. The molecule has 114 valence electrons. The molecule has 0 bridgehead atoms. The summed E-state index contributed by atoms with van der Waals surface area (Å²) < 4.78 is 10.5. The monoisotopic (exact) mass is 293 g/mol. The second-order valence-corrected chi connectivity index (χ2v) is 5.33. The number of benzene rings is 1. The number of hydrogen-bond acceptors (Lipinski definition) is 6. The standard InChI is InChI=1S/C14H19N3O4/c1-20-14-8-11(17(18)19)2-3-13(14)16-6-4-15(5-7-16)12-9-21-10-12/h2-3,8,12H,4-7,9-10H2,1H3. The van der Waals surface area contributed by atoms with E-state index in [0.717, 1.165) is 45.1 Å². The molecule has 2 aliphatic rings. The number of anilines is 1. The Balaban J connectivity index is 1.70. The summed E-state index contributed by atoms with van der Waals surface area (Å²) in [6.45, 7) is 5.42. The van der Waals surface area contributed by atoms with Gasteiger partial charge in [0.2, 0.25) is 0 Å². The van der Waals surface area contributed by atoms with Crippen LogP contribution in [0.2, 0.25) is 0 Å². The number of nitro benzene ring substituents is 1. The molecule has 3 rings (SSSR count). The highest BCUT2D eigenvalue weighted by Gasteiger charge is 2.29. The molecule has 0 unspecified atom stereocenters. The van der Waals surface area contributed by atoms with Crippen LogP contribution < -0.4 is 9.64 Å². The van der Waals surface area contributed by atoms with Gasteiger partial charge in [-0.1, -0.05) is 0 Å². The van der Waals surface area contributed by atoms with Gasteiger partial charge in [0.25, 0.3) is 5.69 Å². The van der Waals surface area contributed by atoms with Gasteiger partial charge in [-0.3, -0.25) is 15.0 Å². The van der Waals surface area contributed by atoms with Crippen molar-refractivity contribution in [1.29, 1.82) is 0 Å². The molecule has 2 fully saturated rings. The minimum Gasteiger partial charge on any atom is -0.494 e. The topological polar surface area (TPSA) is 68.1 Å². The van der Waals surface area contributed by atoms with E-state index >= 15 is 0 Å². The maximum absolute atomic E-state index is 10.8. The second kappa shape index (κ2) is 5.87. The van der Waals surface area contributed by atoms with Crippen LogP contribution in [0.5, 0.6) is 5.75 Å². The Hall–Kier alpha value is -1.86. The van der Waals surface area contributed by atoms with Crippen molar-refractivity contribution in [3.05, 3.63) is 28.3 Å². The SMILES string of the molecule is COc1cc([N+](=O)[O-])ccc1N1CCN(C2COC2)CC1. The van der Waals surface area contributed by atoms with Crippen LogP contribution in [0.3, 0.4) is 0 Å². The lowest BCUT2D eigenvalue weighted by Gasteiger charge is -2.43. The van der Waals surface area contributed by atoms with Gasteiger partial charge in [0.1, 0.15) is 5.75 Å². The van der Waals surface area contributed by atoms with E-state index in [4.69, 9.17) is 9.47 Å². The molecule has 7 heteroatoms. The van der Waals surface area contributed by atoms with Crippen LogP contribution in [0.1, 0.15) is 0 Å². The van der Waals surface area contributed by atoms with Crippen LogP contribution in [0.4, 0.5) is 11.4 Å². The number of ether oxygens (including phenoxy) is 2. The third-order valence-corrected chi connectivity index (χ3v) is 4.17. The van der Waals surface area contributed by atoms with Crippen LogP contribution in [-0.4, -0.2) is 62.4 Å². The molecule has 0 radical (unpaired) electrons. The van der Waals surface area contributed by atoms with Crippen molar-refractivity contribution >= 4 is 11.4 Å². The molecule has 0 amide bonds. The molecule has 1 aromatic rings. The Labute approximate surface area is 123 Å². The maximum Gasteiger partial charge on any atom is 0.273 e. The van der Waals surface area contributed by atoms with Crippen LogP contribution >= 0.6 is 0 Å². The number of nitrogens with zero attached hydrogens (tertiary/aromatic N) is 3. The Morgan fingerprint density at radius 2 is 2.00 bits per heavy atom. The molecule has 0 aliphatic carbocycles. The average Bonchev–Trinajstić information content (AvgIpc) is 2.45. The van der Waals surface area contributed by atoms with Crippen molar-refractivity contribution in [2.24, 2.45) is 0 Å². The predicted molar refractivity (Wildman–Crippen MR) is 78.0 cm³/mol. The van der Waals surface area contributed by atoms with Gasteiger partial charge in [0.05, 0.1) is 43.0 Å². The largest absolute Gasteiger partial charge is 0.494 e. The summed E-state index contributed by atoms with van der Waals surface area (Å²) in [6.07, 6.45) is 0. The summed E-state index contributed by atoms with van der Waals surface area (Å²) in [4.78, 5) is 15.1. The quantitative estimate of drug-likeness (QED) is 0.612. The predicted octanol–water partition coefficient (Wildman–Crippen LogP) is 1.12. The molecule has 2 saturated heterocycles. The molecule has 2 heterocycles. The maximum atomic E-state index is 10.8. The van der Waals surface area contributed by atoms with Gasteiger partial charge in [-0.2, -0.15) is 0 Å². The summed E-state index contributed by atoms with van der Waals surface area (Å²) in [6, 6.07) is 5.36. The summed E-state index contributed by atoms with van der Waals surface area (Å²) in [7, 11) is 1.55. The highest BCUT2D eigenvalue weighted by Crippen LogP contribution is 2.33. The number of nitro groups is 1. The fourth-order valence-corrected chi connectivity index (χ4v) is 2.80. The van der Waals surface area contributed by atoms with Crippen molar-refractivity contribution in [2.75, 3.05) is 51.4 Å². The zero-order chi connectivity index (χ0) is 14.8. The lowest BCUT2D eigenvalue weighted by atomic mass is 10.1. The smallest absolute Gasteiger partial charge is 0.273 e. The number of hydrogen-bond donors (Lipinski definition) is 0. The molecule has 0 aromatic heterocycles. The lowest BCUT2D eigenvalue weighted by molar-refractivity contribution is -0.384. The van der Waals surface area contributed by atoms with E-state index in [2.05, 4.69) is 9.80 Å². The zero-order valence-corrected chi connectivity index (χ0v) is 12.0. The normalized spacial score (nSPS) is 20.1. The van der Waals surface area contributed by atoms with Crippen molar-refractivity contribution in [1.82, 2.24) is 4.90 Å². The second-order valence-electron chi connectivity index (χ2n) is 5.33. The van der Waals surface area contributed by atoms with E-state index in [1.165, 1.54) is 12.1 Å². The van der Waals surface area contributed by atoms with Crippen molar-refractivity contribution in [3.8, 4) is 5.75 Å². The van der Waals surface area contributed by atoms with Crippen molar-refractivity contribution < 1.29 is 14.4 Å². The lowest BCUT2D eigenvalue weighted by Crippen LogP contribution is -2.56. The Kier molecular flexibility index (Phi) is 3.94. The van der Waals surface area contributed by atoms with Crippen LogP contribution in [-0.2, 0) is 4.74 Å². The number of non-ortho nitro benzene ring substituents is 1. The van der Waals surface area contributed by atoms with Gasteiger partial charge in [0, 0.05) is 32.2 Å². The summed E-state index contributed by atoms with van der Waals surface area (Å²) >= 11 is 0. The molecule has 0 N–H and O–H groups in total. The van der Waals surface area contributed by atoms with Gasteiger partial charge in [0.15, 0.2) is 0 Å². The first kappa shape index (κ1) is 14.1. The van der Waals surface area contributed by atoms with Crippen molar-refractivity contribution in [2.45, 2.75) is 6.04 Å². The van der Waals surface area contributed by atoms with E-state index < -0.39 is 4.92 Å². The highest BCUT2D eigenvalue weighted by atomic mass is 16.6. The van der Waals surface area contributed by atoms with E-state index in [1.807, 2.05) is 0 Å². The summed E-state index contributed by atoms with van der Waals surface area (Å²) in [5.74, 6) is 0.560. The minimum absolute atomic E-state index is 0.0563. The first-order valence-corrected chi connectivity index (χ1v) is 7.08. The molecule has 2 aliphatic heterocycles. The van der Waals surface area contributed by atoms with Gasteiger partial charge in [-0.05, 0) is 6.07 Å². The first-order valence-electron chi connectivity index (χ1n) is 7.08. The molecule has 21 heavy (non-hydrogen) atoms. The van der Waals surface area contributed by atoms with Gasteiger partial charge < -0.3 is 14.4 Å². The van der Waals surface area contributed by atoms with Crippen LogP contribution in [0.15, 0.2) is 18.2 Å². The average molecular weight is 293 g/mol. The molecule has 7 nitrogen and oxygen atoms in total. The van der Waals surface area contributed by atoms with Crippen LogP contribution in [0.25, 0.3) is 0 Å². The van der Waals surface area contributed by atoms with E-state index in [9.17, 15) is 10.1 Å².